The molecule has 0 atom stereocenters. The number of thiophene rings is 1. The van der Waals surface area contributed by atoms with Crippen LogP contribution in [0, 0.1) is 0 Å². The third-order valence-electron chi connectivity index (χ3n) is 1.48. The van der Waals surface area contributed by atoms with Gasteiger partial charge in [0.25, 0.3) is 5.91 Å². The fraction of sp³-hybridized carbons (Fsp3) is 0.444. The van der Waals surface area contributed by atoms with E-state index in [9.17, 15) is 4.79 Å². The van der Waals surface area contributed by atoms with E-state index in [1.165, 1.54) is 11.3 Å². The molecule has 13 heavy (non-hydrogen) atoms. The minimum atomic E-state index is -0.0677. The first-order valence-electron chi connectivity index (χ1n) is 4.07. The van der Waals surface area contributed by atoms with Crippen molar-refractivity contribution in [3.05, 3.63) is 16.3 Å². The van der Waals surface area contributed by atoms with Crippen molar-refractivity contribution in [1.82, 2.24) is 5.32 Å². The number of carbonyl (C=O) groups excluding carboxylic acids is 1. The van der Waals surface area contributed by atoms with E-state index in [2.05, 4.69) is 5.32 Å². The number of amides is 1. The molecule has 1 aromatic rings. The highest BCUT2D eigenvalue weighted by Crippen LogP contribution is 2.23. The Morgan fingerprint density at radius 3 is 2.85 bits per heavy atom. The number of nitrogens with one attached hydrogen (secondary N) is 1. The van der Waals surface area contributed by atoms with Gasteiger partial charge in [0.1, 0.15) is 10.6 Å². The second-order valence-electron chi connectivity index (χ2n) is 2.95. The van der Waals surface area contributed by atoms with Crippen LogP contribution in [0.5, 0.6) is 5.75 Å². The van der Waals surface area contributed by atoms with Gasteiger partial charge in [-0.05, 0) is 25.3 Å². The lowest BCUT2D eigenvalue weighted by Crippen LogP contribution is -2.29. The summed E-state index contributed by atoms with van der Waals surface area (Å²) in [5.41, 5.74) is 0. The van der Waals surface area contributed by atoms with Crippen molar-refractivity contribution in [2.24, 2.45) is 0 Å². The van der Waals surface area contributed by atoms with Crippen LogP contribution >= 0.6 is 11.3 Å². The lowest BCUT2D eigenvalue weighted by atomic mass is 10.3. The van der Waals surface area contributed by atoms with Gasteiger partial charge in [-0.25, -0.2) is 0 Å². The van der Waals surface area contributed by atoms with E-state index in [0.717, 1.165) is 0 Å². The lowest BCUT2D eigenvalue weighted by Gasteiger charge is -2.07. The van der Waals surface area contributed by atoms with Crippen molar-refractivity contribution in [2.45, 2.75) is 19.9 Å². The summed E-state index contributed by atoms with van der Waals surface area (Å²) in [6, 6.07) is 1.94. The number of hydrogen-bond donors (Lipinski definition) is 1. The Hall–Kier alpha value is -1.03. The summed E-state index contributed by atoms with van der Waals surface area (Å²) >= 11 is 1.39. The van der Waals surface area contributed by atoms with E-state index in [0.29, 0.717) is 10.6 Å². The van der Waals surface area contributed by atoms with Gasteiger partial charge >= 0.3 is 0 Å². The SMILES string of the molecule is COc1ccsc1C(=O)NC(C)C. The van der Waals surface area contributed by atoms with Crippen molar-refractivity contribution in [3.8, 4) is 5.75 Å². The molecule has 0 fully saturated rings. The maximum absolute atomic E-state index is 11.5. The maximum atomic E-state index is 11.5. The van der Waals surface area contributed by atoms with Crippen LogP contribution in [0.1, 0.15) is 23.5 Å². The molecule has 0 saturated heterocycles. The highest BCUT2D eigenvalue weighted by Gasteiger charge is 2.13. The molecule has 0 unspecified atom stereocenters. The summed E-state index contributed by atoms with van der Waals surface area (Å²) in [7, 11) is 1.56. The average molecular weight is 199 g/mol. The van der Waals surface area contributed by atoms with E-state index in [1.807, 2.05) is 19.2 Å². The number of methoxy groups -OCH3 is 1. The molecule has 3 nitrogen and oxygen atoms in total. The zero-order valence-electron chi connectivity index (χ0n) is 7.96. The van der Waals surface area contributed by atoms with E-state index in [4.69, 9.17) is 4.74 Å². The van der Waals surface area contributed by atoms with Crippen LogP contribution in [0.15, 0.2) is 11.4 Å². The first-order chi connectivity index (χ1) is 6.15. The average Bonchev–Trinajstić information content (AvgIpc) is 2.49. The van der Waals surface area contributed by atoms with Gasteiger partial charge in [-0.15, -0.1) is 11.3 Å². The maximum Gasteiger partial charge on any atom is 0.265 e. The first-order valence-corrected chi connectivity index (χ1v) is 4.95. The zero-order chi connectivity index (χ0) is 9.84. The minimum Gasteiger partial charge on any atom is -0.495 e. The Morgan fingerprint density at radius 2 is 2.31 bits per heavy atom. The number of ether oxygens (including phenoxy) is 1. The van der Waals surface area contributed by atoms with Gasteiger partial charge in [0.2, 0.25) is 0 Å². The highest BCUT2D eigenvalue weighted by atomic mass is 32.1. The fourth-order valence-corrected chi connectivity index (χ4v) is 1.71. The van der Waals surface area contributed by atoms with Gasteiger partial charge in [0.15, 0.2) is 0 Å². The first kappa shape index (κ1) is 10.1. The molecule has 1 amide bonds. The van der Waals surface area contributed by atoms with E-state index >= 15 is 0 Å². The van der Waals surface area contributed by atoms with Crippen molar-refractivity contribution in [1.29, 1.82) is 0 Å². The molecule has 0 aromatic carbocycles. The number of rotatable bonds is 3. The summed E-state index contributed by atoms with van der Waals surface area (Å²) in [6.07, 6.45) is 0. The topological polar surface area (TPSA) is 38.3 Å². The molecule has 1 heterocycles. The third-order valence-corrected chi connectivity index (χ3v) is 2.37. The Kier molecular flexibility index (Phi) is 3.31. The lowest BCUT2D eigenvalue weighted by molar-refractivity contribution is 0.0944. The van der Waals surface area contributed by atoms with Crippen LogP contribution in [-0.4, -0.2) is 19.1 Å². The van der Waals surface area contributed by atoms with Crippen LogP contribution in [-0.2, 0) is 0 Å². The van der Waals surface area contributed by atoms with Gasteiger partial charge in [-0.2, -0.15) is 0 Å². The van der Waals surface area contributed by atoms with Crippen LogP contribution in [0.3, 0.4) is 0 Å². The zero-order valence-corrected chi connectivity index (χ0v) is 8.77. The molecule has 4 heteroatoms. The Balaban J connectivity index is 2.76. The smallest absolute Gasteiger partial charge is 0.265 e. The van der Waals surface area contributed by atoms with Gasteiger partial charge in [-0.3, -0.25) is 4.79 Å². The standard InChI is InChI=1S/C9H13NO2S/c1-6(2)10-9(11)8-7(12-3)4-5-13-8/h4-6H,1-3H3,(H,10,11). The Labute approximate surface area is 81.7 Å². The molecule has 1 aromatic heterocycles. The number of carbonyl (C=O) groups is 1. The summed E-state index contributed by atoms with van der Waals surface area (Å²) in [4.78, 5) is 12.2. The predicted molar refractivity (Wildman–Crippen MR) is 53.5 cm³/mol. The van der Waals surface area contributed by atoms with Gasteiger partial charge in [0, 0.05) is 6.04 Å². The molecule has 72 valence electrons. The molecule has 0 aliphatic heterocycles. The van der Waals surface area contributed by atoms with Crippen LogP contribution in [0.4, 0.5) is 0 Å². The summed E-state index contributed by atoms with van der Waals surface area (Å²) in [5, 5.41) is 4.65. The monoisotopic (exact) mass is 199 g/mol. The molecule has 0 aliphatic rings. The minimum absolute atomic E-state index is 0.0677. The summed E-state index contributed by atoms with van der Waals surface area (Å²) < 4.78 is 5.04. The van der Waals surface area contributed by atoms with Gasteiger partial charge in [0.05, 0.1) is 7.11 Å². The van der Waals surface area contributed by atoms with Crippen molar-refractivity contribution in [3.63, 3.8) is 0 Å². The second-order valence-corrected chi connectivity index (χ2v) is 3.86. The van der Waals surface area contributed by atoms with Gasteiger partial charge in [-0.1, -0.05) is 0 Å². The Bertz CT molecular complexity index is 294. The normalized spacial score (nSPS) is 10.2. The van der Waals surface area contributed by atoms with E-state index < -0.39 is 0 Å². The van der Waals surface area contributed by atoms with Gasteiger partial charge < -0.3 is 10.1 Å². The Morgan fingerprint density at radius 1 is 1.62 bits per heavy atom. The van der Waals surface area contributed by atoms with Crippen molar-refractivity contribution < 1.29 is 9.53 Å². The quantitative estimate of drug-likeness (QED) is 0.807. The summed E-state index contributed by atoms with van der Waals surface area (Å²) in [5.74, 6) is 0.574. The molecule has 0 spiro atoms. The second kappa shape index (κ2) is 4.28. The van der Waals surface area contributed by atoms with E-state index in [-0.39, 0.29) is 11.9 Å². The molecule has 0 radical (unpaired) electrons. The molecular formula is C9H13NO2S. The molecule has 1 rings (SSSR count). The molecule has 1 N–H and O–H groups in total. The molecule has 0 aliphatic carbocycles. The number of hydrogen-bond acceptors (Lipinski definition) is 3. The molecule has 0 saturated carbocycles. The summed E-state index contributed by atoms with van der Waals surface area (Å²) in [6.45, 7) is 3.86. The third kappa shape index (κ3) is 2.45. The largest absolute Gasteiger partial charge is 0.495 e. The van der Waals surface area contributed by atoms with Crippen molar-refractivity contribution >= 4 is 17.2 Å². The predicted octanol–water partition coefficient (Wildman–Crippen LogP) is 1.89. The van der Waals surface area contributed by atoms with Crippen LogP contribution in [0.2, 0.25) is 0 Å². The van der Waals surface area contributed by atoms with Crippen LogP contribution in [0.25, 0.3) is 0 Å². The highest BCUT2D eigenvalue weighted by molar-refractivity contribution is 7.12. The van der Waals surface area contributed by atoms with Crippen molar-refractivity contribution in [2.75, 3.05) is 7.11 Å². The fourth-order valence-electron chi connectivity index (χ4n) is 0.952. The molecule has 0 bridgehead atoms. The molecular weight excluding hydrogens is 186 g/mol. The van der Waals surface area contributed by atoms with Crippen LogP contribution < -0.4 is 10.1 Å². The van der Waals surface area contributed by atoms with E-state index in [1.54, 1.807) is 13.2 Å².